The Balaban J connectivity index is 1.49. The molecule has 0 spiro atoms. The SMILES string of the molecule is CC/C(C)=C(/CC)C(c1nc2cc(-c3ncc[nH]3)ccc2[nH]1)c1nc2cc(-c3ncc[nH]3)ccc2[nH]1. The average Bonchev–Trinajstić information content (AvgIpc) is 3.71. The van der Waals surface area contributed by atoms with Gasteiger partial charge in [0.25, 0.3) is 0 Å². The molecule has 0 aliphatic rings. The Kier molecular flexibility index (Phi) is 5.48. The Hall–Kier alpha value is -4.46. The first-order valence-corrected chi connectivity index (χ1v) is 12.3. The summed E-state index contributed by atoms with van der Waals surface area (Å²) in [6, 6.07) is 12.4. The van der Waals surface area contributed by atoms with Crippen LogP contribution in [0.15, 0.2) is 72.3 Å². The number of allylic oxidation sites excluding steroid dienone is 2. The molecule has 0 saturated carbocycles. The number of nitrogens with one attached hydrogen (secondary N) is 4. The number of rotatable bonds is 7. The summed E-state index contributed by atoms with van der Waals surface area (Å²) in [5.74, 6) is 3.33. The number of benzene rings is 2. The molecule has 2 aromatic carbocycles. The zero-order valence-corrected chi connectivity index (χ0v) is 20.6. The monoisotopic (exact) mass is 476 g/mol. The molecule has 6 aromatic rings. The highest BCUT2D eigenvalue weighted by atomic mass is 15.0. The van der Waals surface area contributed by atoms with E-state index in [9.17, 15) is 0 Å². The molecule has 8 nitrogen and oxygen atoms in total. The van der Waals surface area contributed by atoms with Gasteiger partial charge in [0.15, 0.2) is 0 Å². The summed E-state index contributed by atoms with van der Waals surface area (Å²) < 4.78 is 0. The molecule has 0 fully saturated rings. The van der Waals surface area contributed by atoms with E-state index in [1.54, 1.807) is 12.4 Å². The summed E-state index contributed by atoms with van der Waals surface area (Å²) in [6.45, 7) is 6.61. The van der Waals surface area contributed by atoms with Gasteiger partial charge in [-0.2, -0.15) is 0 Å². The van der Waals surface area contributed by atoms with Gasteiger partial charge in [-0.3, -0.25) is 0 Å². The van der Waals surface area contributed by atoms with E-state index in [1.165, 1.54) is 11.1 Å². The number of hydrogen-bond acceptors (Lipinski definition) is 4. The second-order valence-corrected chi connectivity index (χ2v) is 9.03. The molecular formula is C28H28N8. The lowest BCUT2D eigenvalue weighted by atomic mass is 9.90. The molecule has 0 atom stereocenters. The van der Waals surface area contributed by atoms with Gasteiger partial charge in [0.05, 0.1) is 28.0 Å². The minimum absolute atomic E-state index is 0.103. The quantitative estimate of drug-likeness (QED) is 0.197. The summed E-state index contributed by atoms with van der Waals surface area (Å²) >= 11 is 0. The molecule has 4 N–H and O–H groups in total. The zero-order chi connectivity index (χ0) is 24.6. The number of hydrogen-bond donors (Lipinski definition) is 4. The predicted octanol–water partition coefficient (Wildman–Crippen LogP) is 6.49. The van der Waals surface area contributed by atoms with E-state index in [0.29, 0.717) is 0 Å². The second kappa shape index (κ2) is 8.96. The van der Waals surface area contributed by atoms with E-state index in [2.05, 4.69) is 87.1 Å². The van der Waals surface area contributed by atoms with E-state index in [1.807, 2.05) is 12.4 Å². The number of fused-ring (bicyclic) bond motifs is 2. The molecular weight excluding hydrogens is 448 g/mol. The first kappa shape index (κ1) is 22.0. The van der Waals surface area contributed by atoms with Gasteiger partial charge in [0.1, 0.15) is 23.3 Å². The number of nitrogens with zero attached hydrogens (tertiary/aromatic N) is 4. The fraction of sp³-hybridized carbons (Fsp3) is 0.214. The maximum Gasteiger partial charge on any atom is 0.137 e. The van der Waals surface area contributed by atoms with Crippen molar-refractivity contribution in [2.24, 2.45) is 0 Å². The molecule has 0 amide bonds. The van der Waals surface area contributed by atoms with Crippen molar-refractivity contribution in [2.45, 2.75) is 39.5 Å². The van der Waals surface area contributed by atoms with Crippen molar-refractivity contribution in [1.29, 1.82) is 0 Å². The van der Waals surface area contributed by atoms with E-state index < -0.39 is 0 Å². The summed E-state index contributed by atoms with van der Waals surface area (Å²) in [6.07, 6.45) is 9.07. The first-order chi connectivity index (χ1) is 17.6. The highest BCUT2D eigenvalue weighted by Gasteiger charge is 2.26. The Morgan fingerprint density at radius 2 is 1.28 bits per heavy atom. The molecule has 4 aromatic heterocycles. The topological polar surface area (TPSA) is 115 Å². The fourth-order valence-corrected chi connectivity index (χ4v) is 4.90. The highest BCUT2D eigenvalue weighted by molar-refractivity contribution is 5.82. The van der Waals surface area contributed by atoms with Crippen LogP contribution in [0.4, 0.5) is 0 Å². The van der Waals surface area contributed by atoms with Crippen molar-refractivity contribution < 1.29 is 0 Å². The third-order valence-electron chi connectivity index (χ3n) is 6.90. The third-order valence-corrected chi connectivity index (χ3v) is 6.90. The standard InChI is InChI=1S/C28H28N8/c1-4-16(3)19(5-2)24(27-33-20-8-6-17(14-22(20)35-27)25-29-10-11-30-25)28-34-21-9-7-18(15-23(21)36-28)26-31-12-13-32-26/h6-15,24H,4-5H2,1-3H3,(H,29,30)(H,31,32)(H,33,35)(H,34,36)/b19-16-. The van der Waals surface area contributed by atoms with Crippen LogP contribution in [0.1, 0.15) is 51.2 Å². The smallest absolute Gasteiger partial charge is 0.137 e. The van der Waals surface area contributed by atoms with Crippen LogP contribution in [0.25, 0.3) is 44.8 Å². The predicted molar refractivity (Wildman–Crippen MR) is 142 cm³/mol. The Labute approximate surface area is 208 Å². The molecule has 8 heteroatoms. The van der Waals surface area contributed by atoms with Crippen LogP contribution in [0.3, 0.4) is 0 Å². The van der Waals surface area contributed by atoms with Crippen molar-refractivity contribution in [1.82, 2.24) is 39.9 Å². The molecule has 0 bridgehead atoms. The van der Waals surface area contributed by atoms with Gasteiger partial charge >= 0.3 is 0 Å². The molecule has 0 unspecified atom stereocenters. The van der Waals surface area contributed by atoms with Crippen LogP contribution >= 0.6 is 0 Å². The summed E-state index contributed by atoms with van der Waals surface area (Å²) in [5, 5.41) is 0. The van der Waals surface area contributed by atoms with Gasteiger partial charge < -0.3 is 19.9 Å². The lowest BCUT2D eigenvalue weighted by Crippen LogP contribution is -2.10. The van der Waals surface area contributed by atoms with Gasteiger partial charge in [-0.1, -0.05) is 25.0 Å². The molecule has 6 rings (SSSR count). The van der Waals surface area contributed by atoms with Crippen LogP contribution in [0, 0.1) is 0 Å². The molecule has 0 radical (unpaired) electrons. The van der Waals surface area contributed by atoms with Crippen LogP contribution in [0.5, 0.6) is 0 Å². The van der Waals surface area contributed by atoms with E-state index in [-0.39, 0.29) is 5.92 Å². The van der Waals surface area contributed by atoms with Gasteiger partial charge in [-0.05, 0) is 56.2 Å². The van der Waals surface area contributed by atoms with Crippen molar-refractivity contribution in [2.75, 3.05) is 0 Å². The average molecular weight is 477 g/mol. The minimum Gasteiger partial charge on any atom is -0.345 e. The molecule has 0 aliphatic carbocycles. The van der Waals surface area contributed by atoms with Gasteiger partial charge in [-0.25, -0.2) is 19.9 Å². The molecule has 0 saturated heterocycles. The van der Waals surface area contributed by atoms with Gasteiger partial charge in [-0.15, -0.1) is 0 Å². The Morgan fingerprint density at radius 3 is 1.69 bits per heavy atom. The van der Waals surface area contributed by atoms with Gasteiger partial charge in [0.2, 0.25) is 0 Å². The van der Waals surface area contributed by atoms with Gasteiger partial charge in [0, 0.05) is 35.9 Å². The summed E-state index contributed by atoms with van der Waals surface area (Å²) in [4.78, 5) is 32.4. The number of aromatic amines is 4. The van der Waals surface area contributed by atoms with Crippen LogP contribution in [0.2, 0.25) is 0 Å². The maximum absolute atomic E-state index is 5.07. The van der Waals surface area contributed by atoms with Crippen molar-refractivity contribution in [3.05, 3.63) is 84.0 Å². The molecule has 0 aliphatic heterocycles. The lowest BCUT2D eigenvalue weighted by molar-refractivity contribution is 0.759. The normalized spacial score (nSPS) is 12.7. The van der Waals surface area contributed by atoms with Crippen LogP contribution < -0.4 is 0 Å². The number of imidazole rings is 4. The minimum atomic E-state index is -0.103. The maximum atomic E-state index is 5.07. The largest absolute Gasteiger partial charge is 0.345 e. The van der Waals surface area contributed by atoms with Crippen molar-refractivity contribution in [3.8, 4) is 22.8 Å². The number of aromatic nitrogens is 8. The Morgan fingerprint density at radius 1 is 0.750 bits per heavy atom. The zero-order valence-electron chi connectivity index (χ0n) is 20.6. The van der Waals surface area contributed by atoms with Crippen LogP contribution in [-0.2, 0) is 0 Å². The second-order valence-electron chi connectivity index (χ2n) is 9.03. The number of H-pyrrole nitrogens is 4. The van der Waals surface area contributed by atoms with E-state index in [4.69, 9.17) is 9.97 Å². The molecule has 180 valence electrons. The summed E-state index contributed by atoms with van der Waals surface area (Å²) in [5.41, 5.74) is 8.50. The van der Waals surface area contributed by atoms with Crippen LogP contribution in [-0.4, -0.2) is 39.9 Å². The molecule has 4 heterocycles. The van der Waals surface area contributed by atoms with Crippen molar-refractivity contribution >= 4 is 22.1 Å². The van der Waals surface area contributed by atoms with Crippen molar-refractivity contribution in [3.63, 3.8) is 0 Å². The third kappa shape index (κ3) is 3.80. The summed E-state index contributed by atoms with van der Waals surface area (Å²) in [7, 11) is 0. The Bertz CT molecular complexity index is 1550. The van der Waals surface area contributed by atoms with E-state index >= 15 is 0 Å². The van der Waals surface area contributed by atoms with E-state index in [0.717, 1.165) is 69.3 Å². The first-order valence-electron chi connectivity index (χ1n) is 12.3. The lowest BCUT2D eigenvalue weighted by Gasteiger charge is -2.18. The molecule has 36 heavy (non-hydrogen) atoms. The highest BCUT2D eigenvalue weighted by Crippen LogP contribution is 2.36. The fourth-order valence-electron chi connectivity index (χ4n) is 4.90.